The summed E-state index contributed by atoms with van der Waals surface area (Å²) < 4.78 is 24.6. The predicted octanol–water partition coefficient (Wildman–Crippen LogP) is 1.67. The molecule has 0 heterocycles. The summed E-state index contributed by atoms with van der Waals surface area (Å²) in [4.78, 5) is 12.0. The number of nitrogens with zero attached hydrogens (tertiary/aromatic N) is 1. The number of aryl methyl sites for hydroxylation is 2. The van der Waals surface area contributed by atoms with E-state index in [2.05, 4.69) is 5.32 Å². The van der Waals surface area contributed by atoms with Crippen LogP contribution >= 0.6 is 0 Å². The quantitative estimate of drug-likeness (QED) is 0.898. The van der Waals surface area contributed by atoms with Gasteiger partial charge in [-0.3, -0.25) is 4.79 Å². The Labute approximate surface area is 120 Å². The molecule has 6 heteroatoms. The molecule has 1 fully saturated rings. The number of hydrogen-bond donors (Lipinski definition) is 1. The van der Waals surface area contributed by atoms with Gasteiger partial charge in [0.1, 0.15) is 0 Å². The Bertz CT molecular complexity index is 621. The van der Waals surface area contributed by atoms with E-state index >= 15 is 0 Å². The van der Waals surface area contributed by atoms with E-state index in [1.807, 2.05) is 32.0 Å². The number of amides is 1. The van der Waals surface area contributed by atoms with Gasteiger partial charge in [-0.15, -0.1) is 0 Å². The summed E-state index contributed by atoms with van der Waals surface area (Å²) in [5.74, 6) is -0.295. The number of sulfonamides is 1. The van der Waals surface area contributed by atoms with Crippen LogP contribution in [0.2, 0.25) is 0 Å². The van der Waals surface area contributed by atoms with Crippen LogP contribution in [0.3, 0.4) is 0 Å². The molecule has 110 valence electrons. The van der Waals surface area contributed by atoms with Gasteiger partial charge in [-0.05, 0) is 43.9 Å². The smallest absolute Gasteiger partial charge is 0.239 e. The van der Waals surface area contributed by atoms with Crippen LogP contribution in [0.25, 0.3) is 0 Å². The highest BCUT2D eigenvalue weighted by Crippen LogP contribution is 2.28. The molecule has 1 aromatic carbocycles. The van der Waals surface area contributed by atoms with Crippen molar-refractivity contribution in [1.29, 1.82) is 0 Å². The molecular weight excluding hydrogens is 276 g/mol. The molecule has 0 atom stereocenters. The molecule has 1 N–H and O–H groups in total. The first-order valence-corrected chi connectivity index (χ1v) is 8.46. The van der Waals surface area contributed by atoms with Crippen LogP contribution in [0, 0.1) is 13.8 Å². The van der Waals surface area contributed by atoms with Gasteiger partial charge in [0, 0.05) is 11.7 Å². The molecule has 0 saturated heterocycles. The highest BCUT2D eigenvalue weighted by Gasteiger charge is 2.36. The number of benzene rings is 1. The summed E-state index contributed by atoms with van der Waals surface area (Å²) in [6.07, 6.45) is 2.82. The van der Waals surface area contributed by atoms with Gasteiger partial charge in [-0.2, -0.15) is 4.31 Å². The van der Waals surface area contributed by atoms with Crippen molar-refractivity contribution < 1.29 is 13.2 Å². The fraction of sp³-hybridized carbons (Fsp3) is 0.500. The van der Waals surface area contributed by atoms with Crippen molar-refractivity contribution in [3.05, 3.63) is 29.3 Å². The Balaban J connectivity index is 2.06. The second-order valence-electron chi connectivity index (χ2n) is 5.41. The maximum absolute atomic E-state index is 12.0. The number of rotatable bonds is 5. The van der Waals surface area contributed by atoms with Crippen molar-refractivity contribution in [1.82, 2.24) is 4.31 Å². The second-order valence-corrected chi connectivity index (χ2v) is 7.34. The lowest BCUT2D eigenvalue weighted by Gasteiger charge is -2.19. The molecule has 1 aliphatic rings. The van der Waals surface area contributed by atoms with Crippen LogP contribution in [0.1, 0.15) is 24.0 Å². The highest BCUT2D eigenvalue weighted by atomic mass is 32.2. The average Bonchev–Trinajstić information content (AvgIpc) is 3.13. The zero-order valence-corrected chi connectivity index (χ0v) is 12.8. The highest BCUT2D eigenvalue weighted by molar-refractivity contribution is 7.88. The normalized spacial score (nSPS) is 15.4. The van der Waals surface area contributed by atoms with Gasteiger partial charge in [0.05, 0.1) is 12.8 Å². The minimum atomic E-state index is -3.33. The molecule has 2 rings (SSSR count). The van der Waals surface area contributed by atoms with Crippen molar-refractivity contribution in [3.8, 4) is 0 Å². The third-order valence-electron chi connectivity index (χ3n) is 3.35. The topological polar surface area (TPSA) is 66.5 Å². The van der Waals surface area contributed by atoms with Crippen LogP contribution in [-0.2, 0) is 14.8 Å². The molecule has 0 spiro atoms. The largest absolute Gasteiger partial charge is 0.325 e. The summed E-state index contributed by atoms with van der Waals surface area (Å²) in [5, 5.41) is 2.79. The molecule has 0 unspecified atom stereocenters. The van der Waals surface area contributed by atoms with Gasteiger partial charge in [-0.1, -0.05) is 12.1 Å². The molecule has 0 bridgehead atoms. The van der Waals surface area contributed by atoms with Crippen molar-refractivity contribution in [2.24, 2.45) is 0 Å². The number of carbonyl (C=O) groups is 1. The number of carbonyl (C=O) groups excluding carboxylic acids is 1. The van der Waals surface area contributed by atoms with Crippen LogP contribution in [0.15, 0.2) is 18.2 Å². The molecular formula is C14H20N2O3S. The van der Waals surface area contributed by atoms with E-state index in [0.29, 0.717) is 0 Å². The third kappa shape index (κ3) is 3.80. The number of hydrogen-bond acceptors (Lipinski definition) is 3. The lowest BCUT2D eigenvalue weighted by Crippen LogP contribution is -2.38. The Morgan fingerprint density at radius 2 is 2.00 bits per heavy atom. The summed E-state index contributed by atoms with van der Waals surface area (Å²) in [5.41, 5.74) is 2.74. The van der Waals surface area contributed by atoms with E-state index < -0.39 is 10.0 Å². The first-order chi connectivity index (χ1) is 9.27. The summed E-state index contributed by atoms with van der Waals surface area (Å²) in [7, 11) is -3.33. The Morgan fingerprint density at radius 1 is 1.35 bits per heavy atom. The van der Waals surface area contributed by atoms with E-state index in [4.69, 9.17) is 0 Å². The van der Waals surface area contributed by atoms with E-state index in [-0.39, 0.29) is 18.5 Å². The van der Waals surface area contributed by atoms with Gasteiger partial charge in [0.15, 0.2) is 0 Å². The second kappa shape index (κ2) is 5.54. The molecule has 1 amide bonds. The summed E-state index contributed by atoms with van der Waals surface area (Å²) in [6.45, 7) is 3.74. The molecule has 20 heavy (non-hydrogen) atoms. The maximum atomic E-state index is 12.0. The first kappa shape index (κ1) is 15.0. The van der Waals surface area contributed by atoms with E-state index in [0.717, 1.165) is 35.9 Å². The van der Waals surface area contributed by atoms with Crippen LogP contribution < -0.4 is 5.32 Å². The van der Waals surface area contributed by atoms with E-state index in [1.165, 1.54) is 4.31 Å². The zero-order chi connectivity index (χ0) is 14.9. The van der Waals surface area contributed by atoms with Crippen LogP contribution in [0.5, 0.6) is 0 Å². The third-order valence-corrected chi connectivity index (χ3v) is 4.63. The van der Waals surface area contributed by atoms with Crippen molar-refractivity contribution in [3.63, 3.8) is 0 Å². The minimum absolute atomic E-state index is 0.00523. The summed E-state index contributed by atoms with van der Waals surface area (Å²) in [6, 6.07) is 5.78. The maximum Gasteiger partial charge on any atom is 0.239 e. The number of anilines is 1. The molecule has 1 saturated carbocycles. The van der Waals surface area contributed by atoms with Gasteiger partial charge in [-0.25, -0.2) is 8.42 Å². The number of nitrogens with one attached hydrogen (secondary N) is 1. The van der Waals surface area contributed by atoms with Crippen molar-refractivity contribution >= 4 is 21.6 Å². The predicted molar refractivity (Wildman–Crippen MR) is 79.1 cm³/mol. The van der Waals surface area contributed by atoms with Crippen molar-refractivity contribution in [2.75, 3.05) is 18.1 Å². The van der Waals surface area contributed by atoms with E-state index in [1.54, 1.807) is 0 Å². The van der Waals surface area contributed by atoms with Crippen LogP contribution in [-0.4, -0.2) is 37.5 Å². The van der Waals surface area contributed by atoms with Gasteiger partial charge in [0.25, 0.3) is 0 Å². The molecule has 1 aromatic rings. The SMILES string of the molecule is Cc1ccc(C)c(NC(=O)CN(C2CC2)S(C)(=O)=O)c1. The Hall–Kier alpha value is -1.40. The Kier molecular flexibility index (Phi) is 4.15. The zero-order valence-electron chi connectivity index (χ0n) is 12.0. The van der Waals surface area contributed by atoms with Gasteiger partial charge < -0.3 is 5.32 Å². The fourth-order valence-corrected chi connectivity index (χ4v) is 3.19. The molecule has 1 aliphatic carbocycles. The average molecular weight is 296 g/mol. The molecule has 5 nitrogen and oxygen atoms in total. The van der Waals surface area contributed by atoms with Gasteiger partial charge >= 0.3 is 0 Å². The standard InChI is InChI=1S/C14H20N2O3S/c1-10-4-5-11(2)13(8-10)15-14(17)9-16(12-6-7-12)20(3,18)19/h4-5,8,12H,6-7,9H2,1-3H3,(H,15,17). The fourth-order valence-electron chi connectivity index (χ4n) is 2.08. The van der Waals surface area contributed by atoms with Gasteiger partial charge in [0.2, 0.25) is 15.9 Å². The van der Waals surface area contributed by atoms with Crippen LogP contribution in [0.4, 0.5) is 5.69 Å². The monoisotopic (exact) mass is 296 g/mol. The molecule has 0 aliphatic heterocycles. The molecule has 0 radical (unpaired) electrons. The van der Waals surface area contributed by atoms with E-state index in [9.17, 15) is 13.2 Å². The first-order valence-electron chi connectivity index (χ1n) is 6.61. The Morgan fingerprint density at radius 3 is 2.55 bits per heavy atom. The minimum Gasteiger partial charge on any atom is -0.325 e. The summed E-state index contributed by atoms with van der Waals surface area (Å²) >= 11 is 0. The van der Waals surface area contributed by atoms with Crippen molar-refractivity contribution in [2.45, 2.75) is 32.7 Å². The lowest BCUT2D eigenvalue weighted by atomic mass is 10.1. The lowest BCUT2D eigenvalue weighted by molar-refractivity contribution is -0.116. The molecule has 0 aromatic heterocycles.